The van der Waals surface area contributed by atoms with Gasteiger partial charge in [-0.3, -0.25) is 0 Å². The molecule has 0 bridgehead atoms. The molecule has 0 saturated carbocycles. The van der Waals surface area contributed by atoms with Gasteiger partial charge in [0.1, 0.15) is 12.4 Å². The average molecular weight is 238 g/mol. The molecule has 1 aromatic rings. The van der Waals surface area contributed by atoms with Gasteiger partial charge in [0, 0.05) is 6.61 Å². The number of carbonyl (C=O) groups is 1. The van der Waals surface area contributed by atoms with Crippen LogP contribution in [-0.2, 0) is 9.47 Å². The Labute approximate surface area is 101 Å². The first-order valence-electron chi connectivity index (χ1n) is 5.80. The highest BCUT2D eigenvalue weighted by Gasteiger charge is 2.04. The lowest BCUT2D eigenvalue weighted by Gasteiger charge is -2.06. The highest BCUT2D eigenvalue weighted by atomic mass is 16.7. The summed E-state index contributed by atoms with van der Waals surface area (Å²) >= 11 is 0. The molecule has 94 valence electrons. The number of rotatable bonds is 7. The molecule has 0 aliphatic heterocycles. The van der Waals surface area contributed by atoms with Crippen LogP contribution in [0.3, 0.4) is 0 Å². The smallest absolute Gasteiger partial charge is 0.432 e. The Kier molecular flexibility index (Phi) is 6.82. The predicted molar refractivity (Wildman–Crippen MR) is 64.1 cm³/mol. The van der Waals surface area contributed by atoms with Crippen molar-refractivity contribution in [3.05, 3.63) is 30.3 Å². The fourth-order valence-corrected chi connectivity index (χ4v) is 1.15. The molecule has 1 rings (SSSR count). The first kappa shape index (κ1) is 13.5. The Hall–Kier alpha value is -1.55. The first-order valence-corrected chi connectivity index (χ1v) is 5.80. The lowest BCUT2D eigenvalue weighted by molar-refractivity contribution is 0.0512. The Morgan fingerprint density at radius 2 is 1.88 bits per heavy atom. The quantitative estimate of drug-likeness (QED) is 0.416. The van der Waals surface area contributed by atoms with E-state index < -0.39 is 6.16 Å². The monoisotopic (exact) mass is 238 g/mol. The number of benzene rings is 1. The van der Waals surface area contributed by atoms with Gasteiger partial charge in [-0.05, 0) is 18.6 Å². The van der Waals surface area contributed by atoms with Crippen LogP contribution in [0.4, 0.5) is 4.79 Å². The van der Waals surface area contributed by atoms with Crippen molar-refractivity contribution >= 4 is 6.16 Å². The molecular weight excluding hydrogens is 220 g/mol. The molecule has 0 aliphatic carbocycles. The van der Waals surface area contributed by atoms with Crippen LogP contribution in [0, 0.1) is 0 Å². The molecule has 4 heteroatoms. The second-order valence-electron chi connectivity index (χ2n) is 3.48. The van der Waals surface area contributed by atoms with Gasteiger partial charge < -0.3 is 14.2 Å². The van der Waals surface area contributed by atoms with Crippen molar-refractivity contribution in [1.29, 1.82) is 0 Å². The molecule has 0 fully saturated rings. The molecule has 4 nitrogen and oxygen atoms in total. The van der Waals surface area contributed by atoms with E-state index in [1.165, 1.54) is 0 Å². The zero-order valence-corrected chi connectivity index (χ0v) is 10.1. The number of carbonyl (C=O) groups excluding carboxylic acids is 1. The number of ether oxygens (including phenoxy) is 3. The largest absolute Gasteiger partial charge is 0.513 e. The summed E-state index contributed by atoms with van der Waals surface area (Å²) in [6, 6.07) is 8.81. The van der Waals surface area contributed by atoms with E-state index >= 15 is 0 Å². The van der Waals surface area contributed by atoms with Gasteiger partial charge in [0.05, 0.1) is 6.61 Å². The van der Waals surface area contributed by atoms with Crippen LogP contribution in [0.15, 0.2) is 30.3 Å². The summed E-state index contributed by atoms with van der Waals surface area (Å²) in [5.41, 5.74) is 0. The van der Waals surface area contributed by atoms with E-state index in [0.29, 0.717) is 19.0 Å². The summed E-state index contributed by atoms with van der Waals surface area (Å²) < 4.78 is 15.0. The molecule has 1 aromatic carbocycles. The minimum absolute atomic E-state index is 0.218. The molecule has 0 aliphatic rings. The van der Waals surface area contributed by atoms with E-state index in [-0.39, 0.29) is 6.61 Å². The van der Waals surface area contributed by atoms with Gasteiger partial charge in [-0.15, -0.1) is 0 Å². The number of para-hydroxylation sites is 1. The third kappa shape index (κ3) is 6.58. The Bertz CT molecular complexity index is 310. The van der Waals surface area contributed by atoms with Gasteiger partial charge in [-0.1, -0.05) is 31.5 Å². The Morgan fingerprint density at radius 1 is 1.12 bits per heavy atom. The van der Waals surface area contributed by atoms with E-state index in [9.17, 15) is 4.79 Å². The maximum absolute atomic E-state index is 11.2. The molecule has 0 aromatic heterocycles. The van der Waals surface area contributed by atoms with Gasteiger partial charge in [0.2, 0.25) is 0 Å². The van der Waals surface area contributed by atoms with E-state index in [2.05, 4.69) is 6.92 Å². The lowest BCUT2D eigenvalue weighted by Crippen LogP contribution is -2.14. The van der Waals surface area contributed by atoms with E-state index in [0.717, 1.165) is 12.8 Å². The SMILES string of the molecule is CCCCOCCOC(=O)Oc1ccccc1. The lowest BCUT2D eigenvalue weighted by atomic mass is 10.3. The van der Waals surface area contributed by atoms with Crippen molar-refractivity contribution in [2.24, 2.45) is 0 Å². The highest BCUT2D eigenvalue weighted by Crippen LogP contribution is 2.08. The molecule has 0 atom stereocenters. The van der Waals surface area contributed by atoms with Crippen LogP contribution in [-0.4, -0.2) is 26.0 Å². The van der Waals surface area contributed by atoms with Crippen LogP contribution in [0.5, 0.6) is 5.75 Å². The normalized spacial score (nSPS) is 9.94. The van der Waals surface area contributed by atoms with Crippen molar-refractivity contribution in [3.8, 4) is 5.75 Å². The predicted octanol–water partition coefficient (Wildman–Crippen LogP) is 3.02. The summed E-state index contributed by atoms with van der Waals surface area (Å²) in [6.45, 7) is 3.42. The number of hydrogen-bond acceptors (Lipinski definition) is 4. The van der Waals surface area contributed by atoms with Crippen molar-refractivity contribution in [1.82, 2.24) is 0 Å². The molecule has 0 amide bonds. The third-order valence-electron chi connectivity index (χ3n) is 2.03. The summed E-state index contributed by atoms with van der Waals surface area (Å²) in [5.74, 6) is 0.476. The zero-order valence-electron chi connectivity index (χ0n) is 10.1. The van der Waals surface area contributed by atoms with Crippen LogP contribution < -0.4 is 4.74 Å². The van der Waals surface area contributed by atoms with Crippen LogP contribution in [0.1, 0.15) is 19.8 Å². The summed E-state index contributed by atoms with van der Waals surface area (Å²) in [5, 5.41) is 0. The van der Waals surface area contributed by atoms with Gasteiger partial charge in [-0.2, -0.15) is 0 Å². The van der Waals surface area contributed by atoms with Crippen LogP contribution >= 0.6 is 0 Å². The summed E-state index contributed by atoms with van der Waals surface area (Å²) in [6.07, 6.45) is 1.42. The van der Waals surface area contributed by atoms with Gasteiger partial charge in [0.15, 0.2) is 0 Å². The van der Waals surface area contributed by atoms with Crippen molar-refractivity contribution < 1.29 is 19.0 Å². The maximum atomic E-state index is 11.2. The summed E-state index contributed by atoms with van der Waals surface area (Å²) in [7, 11) is 0. The fourth-order valence-electron chi connectivity index (χ4n) is 1.15. The van der Waals surface area contributed by atoms with E-state index in [4.69, 9.17) is 14.2 Å². The molecule has 0 saturated heterocycles. The molecule has 0 N–H and O–H groups in total. The Morgan fingerprint density at radius 3 is 2.59 bits per heavy atom. The Balaban J connectivity index is 2.06. The van der Waals surface area contributed by atoms with E-state index in [1.807, 2.05) is 6.07 Å². The number of unbranched alkanes of at least 4 members (excludes halogenated alkanes) is 1. The molecule has 0 heterocycles. The second kappa shape index (κ2) is 8.58. The first-order chi connectivity index (χ1) is 8.33. The van der Waals surface area contributed by atoms with Gasteiger partial charge >= 0.3 is 6.16 Å². The standard InChI is InChI=1S/C13H18O4/c1-2-3-9-15-10-11-16-13(14)17-12-7-5-4-6-8-12/h4-8H,2-3,9-11H2,1H3. The average Bonchev–Trinajstić information content (AvgIpc) is 2.35. The van der Waals surface area contributed by atoms with Crippen molar-refractivity contribution in [3.63, 3.8) is 0 Å². The number of hydrogen-bond donors (Lipinski definition) is 0. The molecule has 0 spiro atoms. The molecular formula is C13H18O4. The second-order valence-corrected chi connectivity index (χ2v) is 3.48. The molecule has 0 radical (unpaired) electrons. The van der Waals surface area contributed by atoms with Gasteiger partial charge in [-0.25, -0.2) is 4.79 Å². The van der Waals surface area contributed by atoms with Crippen LogP contribution in [0.2, 0.25) is 0 Å². The van der Waals surface area contributed by atoms with Crippen LogP contribution in [0.25, 0.3) is 0 Å². The van der Waals surface area contributed by atoms with Gasteiger partial charge in [0.25, 0.3) is 0 Å². The fraction of sp³-hybridized carbons (Fsp3) is 0.462. The molecule has 17 heavy (non-hydrogen) atoms. The van der Waals surface area contributed by atoms with Crippen molar-refractivity contribution in [2.45, 2.75) is 19.8 Å². The summed E-state index contributed by atoms with van der Waals surface area (Å²) in [4.78, 5) is 11.2. The zero-order chi connectivity index (χ0) is 12.3. The topological polar surface area (TPSA) is 44.8 Å². The van der Waals surface area contributed by atoms with E-state index in [1.54, 1.807) is 24.3 Å². The van der Waals surface area contributed by atoms with Crippen molar-refractivity contribution in [2.75, 3.05) is 19.8 Å². The minimum atomic E-state index is -0.699. The highest BCUT2D eigenvalue weighted by molar-refractivity contribution is 5.63. The minimum Gasteiger partial charge on any atom is -0.432 e. The maximum Gasteiger partial charge on any atom is 0.513 e. The molecule has 0 unspecified atom stereocenters. The third-order valence-corrected chi connectivity index (χ3v) is 2.03.